The molecule has 0 radical (unpaired) electrons. The first kappa shape index (κ1) is 29.3. The summed E-state index contributed by atoms with van der Waals surface area (Å²) in [6, 6.07) is 16.3. The molecule has 228 valence electrons. The van der Waals surface area contributed by atoms with E-state index < -0.39 is 30.0 Å². The second kappa shape index (κ2) is 12.8. The molecule has 0 aliphatic carbocycles. The minimum absolute atomic E-state index is 0.0484. The SMILES string of the molecule is O=C(O)Cc1cc(F)ccc1NC(=O)c1ccc(N2CCCCC2)c(NC(=O)c2nn(CC3CCCO3)c3ccccc23)c1. The summed E-state index contributed by atoms with van der Waals surface area (Å²) >= 11 is 0. The van der Waals surface area contributed by atoms with Gasteiger partial charge in [0.05, 0.1) is 36.0 Å². The molecule has 1 atom stereocenters. The molecule has 1 aromatic heterocycles. The van der Waals surface area contributed by atoms with Gasteiger partial charge in [0, 0.05) is 36.3 Å². The lowest BCUT2D eigenvalue weighted by molar-refractivity contribution is -0.136. The van der Waals surface area contributed by atoms with Crippen LogP contribution in [0.4, 0.5) is 21.5 Å². The monoisotopic (exact) mass is 599 g/mol. The van der Waals surface area contributed by atoms with Crippen molar-refractivity contribution in [2.75, 3.05) is 35.2 Å². The van der Waals surface area contributed by atoms with Gasteiger partial charge in [-0.3, -0.25) is 19.1 Å². The van der Waals surface area contributed by atoms with Gasteiger partial charge in [0.1, 0.15) is 5.82 Å². The molecule has 3 aromatic carbocycles. The Bertz CT molecular complexity index is 1710. The normalized spacial score (nSPS) is 16.7. The summed E-state index contributed by atoms with van der Waals surface area (Å²) < 4.78 is 21.5. The van der Waals surface area contributed by atoms with Crippen molar-refractivity contribution in [1.82, 2.24) is 9.78 Å². The number of piperidine rings is 1. The third kappa shape index (κ3) is 6.42. The van der Waals surface area contributed by atoms with E-state index in [0.29, 0.717) is 12.2 Å². The van der Waals surface area contributed by atoms with Gasteiger partial charge in [-0.25, -0.2) is 4.39 Å². The predicted molar refractivity (Wildman–Crippen MR) is 165 cm³/mol. The Hall–Kier alpha value is -4.77. The van der Waals surface area contributed by atoms with Crippen molar-refractivity contribution in [2.45, 2.75) is 51.2 Å². The second-order valence-corrected chi connectivity index (χ2v) is 11.2. The molecule has 3 N–H and O–H groups in total. The Morgan fingerprint density at radius 3 is 2.50 bits per heavy atom. The quantitative estimate of drug-likeness (QED) is 0.233. The van der Waals surface area contributed by atoms with Crippen LogP contribution >= 0.6 is 0 Å². The summed E-state index contributed by atoms with van der Waals surface area (Å²) in [6.07, 6.45) is 4.71. The van der Waals surface area contributed by atoms with E-state index in [9.17, 15) is 23.9 Å². The Morgan fingerprint density at radius 2 is 1.73 bits per heavy atom. The van der Waals surface area contributed by atoms with Crippen LogP contribution in [0.15, 0.2) is 60.7 Å². The number of amides is 2. The Kier molecular flexibility index (Phi) is 8.56. The molecular weight excluding hydrogens is 565 g/mol. The zero-order valence-electron chi connectivity index (χ0n) is 24.2. The highest BCUT2D eigenvalue weighted by Gasteiger charge is 2.24. The predicted octanol–water partition coefficient (Wildman–Crippen LogP) is 5.48. The Balaban J connectivity index is 1.31. The number of carbonyl (C=O) groups is 3. The van der Waals surface area contributed by atoms with Gasteiger partial charge in [-0.1, -0.05) is 18.2 Å². The maximum atomic E-state index is 13.8. The average Bonchev–Trinajstić information content (AvgIpc) is 3.67. The van der Waals surface area contributed by atoms with Gasteiger partial charge >= 0.3 is 5.97 Å². The summed E-state index contributed by atoms with van der Waals surface area (Å²) in [5.41, 5.74) is 2.98. The average molecular weight is 600 g/mol. The highest BCUT2D eigenvalue weighted by atomic mass is 19.1. The van der Waals surface area contributed by atoms with E-state index >= 15 is 0 Å². The number of nitrogens with zero attached hydrogens (tertiary/aromatic N) is 3. The highest BCUT2D eigenvalue weighted by Crippen LogP contribution is 2.32. The lowest BCUT2D eigenvalue weighted by Gasteiger charge is -2.30. The van der Waals surface area contributed by atoms with Gasteiger partial charge in [0.2, 0.25) is 0 Å². The van der Waals surface area contributed by atoms with E-state index in [-0.39, 0.29) is 28.6 Å². The number of benzene rings is 3. The van der Waals surface area contributed by atoms with Gasteiger partial charge in [0.25, 0.3) is 11.8 Å². The first-order chi connectivity index (χ1) is 21.4. The van der Waals surface area contributed by atoms with E-state index in [1.54, 1.807) is 12.1 Å². The molecule has 6 rings (SSSR count). The lowest BCUT2D eigenvalue weighted by atomic mass is 10.1. The van der Waals surface area contributed by atoms with Gasteiger partial charge in [-0.15, -0.1) is 0 Å². The maximum absolute atomic E-state index is 13.8. The fourth-order valence-corrected chi connectivity index (χ4v) is 5.97. The van der Waals surface area contributed by atoms with Crippen LogP contribution in [0, 0.1) is 5.82 Å². The number of carboxylic acid groups (broad SMARTS) is 1. The van der Waals surface area contributed by atoms with Crippen LogP contribution < -0.4 is 15.5 Å². The number of para-hydroxylation sites is 1. The number of hydrogen-bond donors (Lipinski definition) is 3. The van der Waals surface area contributed by atoms with Crippen LogP contribution in [0.5, 0.6) is 0 Å². The summed E-state index contributed by atoms with van der Waals surface area (Å²) in [6.45, 7) is 2.92. The summed E-state index contributed by atoms with van der Waals surface area (Å²) in [4.78, 5) is 40.7. The number of anilines is 3. The lowest BCUT2D eigenvalue weighted by Crippen LogP contribution is -2.30. The zero-order valence-corrected chi connectivity index (χ0v) is 24.2. The van der Waals surface area contributed by atoms with Crippen LogP contribution in [0.2, 0.25) is 0 Å². The van der Waals surface area contributed by atoms with Crippen molar-refractivity contribution >= 4 is 45.7 Å². The Labute approximate surface area is 253 Å². The minimum Gasteiger partial charge on any atom is -0.481 e. The number of nitrogens with one attached hydrogen (secondary N) is 2. The smallest absolute Gasteiger partial charge is 0.307 e. The number of aromatic nitrogens is 2. The molecule has 2 fully saturated rings. The van der Waals surface area contributed by atoms with Crippen LogP contribution in [-0.4, -0.2) is 58.5 Å². The summed E-state index contributed by atoms with van der Waals surface area (Å²) in [5, 5.41) is 20.4. The topological polar surface area (TPSA) is 126 Å². The molecule has 2 amide bonds. The first-order valence-electron chi connectivity index (χ1n) is 14.9. The molecule has 11 heteroatoms. The maximum Gasteiger partial charge on any atom is 0.307 e. The number of carbonyl (C=O) groups excluding carboxylic acids is 2. The third-order valence-corrected chi connectivity index (χ3v) is 8.13. The van der Waals surface area contributed by atoms with E-state index in [2.05, 4.69) is 15.5 Å². The standard InChI is InChI=1S/C33H34FN5O5/c34-23-11-12-26(22(17-23)19-30(40)41)35-32(42)21-10-13-29(38-14-4-1-5-15-38)27(18-21)36-33(43)31-25-8-2-3-9-28(25)39(37-31)20-24-7-6-16-44-24/h2-3,8-13,17-18,24H,1,4-7,14-16,19-20H2,(H,35,42)(H,36,43)(H,40,41). The largest absolute Gasteiger partial charge is 0.481 e. The van der Waals surface area contributed by atoms with E-state index in [4.69, 9.17) is 9.84 Å². The van der Waals surface area contributed by atoms with Crippen molar-refractivity contribution in [3.05, 3.63) is 83.3 Å². The van der Waals surface area contributed by atoms with Crippen molar-refractivity contribution < 1.29 is 28.6 Å². The zero-order chi connectivity index (χ0) is 30.6. The fourth-order valence-electron chi connectivity index (χ4n) is 5.97. The van der Waals surface area contributed by atoms with Crippen LogP contribution in [0.1, 0.15) is 58.5 Å². The third-order valence-electron chi connectivity index (χ3n) is 8.13. The number of ether oxygens (including phenoxy) is 1. The highest BCUT2D eigenvalue weighted by molar-refractivity contribution is 6.13. The molecule has 4 aromatic rings. The van der Waals surface area contributed by atoms with E-state index in [0.717, 1.165) is 80.5 Å². The van der Waals surface area contributed by atoms with Crippen molar-refractivity contribution in [3.8, 4) is 0 Å². The van der Waals surface area contributed by atoms with Gasteiger partial charge in [-0.2, -0.15) is 5.10 Å². The summed E-state index contributed by atoms with van der Waals surface area (Å²) in [5.74, 6) is -2.66. The van der Waals surface area contributed by atoms with Crippen LogP contribution in [-0.2, 0) is 22.5 Å². The van der Waals surface area contributed by atoms with E-state index in [1.807, 2.05) is 35.0 Å². The number of fused-ring (bicyclic) bond motifs is 1. The van der Waals surface area contributed by atoms with E-state index in [1.165, 1.54) is 6.07 Å². The molecule has 0 spiro atoms. The molecule has 2 aliphatic rings. The number of halogens is 1. The fraction of sp³-hybridized carbons (Fsp3) is 0.333. The second-order valence-electron chi connectivity index (χ2n) is 11.2. The molecule has 2 saturated heterocycles. The molecular formula is C33H34FN5O5. The Morgan fingerprint density at radius 1 is 0.932 bits per heavy atom. The van der Waals surface area contributed by atoms with Gasteiger partial charge in [-0.05, 0) is 80.1 Å². The molecule has 3 heterocycles. The molecule has 2 aliphatic heterocycles. The van der Waals surface area contributed by atoms with Crippen molar-refractivity contribution in [1.29, 1.82) is 0 Å². The molecule has 10 nitrogen and oxygen atoms in total. The molecule has 0 saturated carbocycles. The molecule has 1 unspecified atom stereocenters. The molecule has 44 heavy (non-hydrogen) atoms. The number of carboxylic acids is 1. The summed E-state index contributed by atoms with van der Waals surface area (Å²) in [7, 11) is 0. The van der Waals surface area contributed by atoms with Crippen molar-refractivity contribution in [3.63, 3.8) is 0 Å². The minimum atomic E-state index is -1.15. The number of rotatable bonds is 9. The number of aliphatic carboxylic acids is 1. The molecule has 0 bridgehead atoms. The number of hydrogen-bond acceptors (Lipinski definition) is 6. The van der Waals surface area contributed by atoms with Crippen LogP contribution in [0.3, 0.4) is 0 Å². The van der Waals surface area contributed by atoms with Crippen LogP contribution in [0.25, 0.3) is 10.9 Å². The first-order valence-corrected chi connectivity index (χ1v) is 14.9. The van der Waals surface area contributed by atoms with Crippen molar-refractivity contribution in [2.24, 2.45) is 0 Å². The van der Waals surface area contributed by atoms with Gasteiger partial charge < -0.3 is 25.4 Å². The van der Waals surface area contributed by atoms with Gasteiger partial charge in [0.15, 0.2) is 5.69 Å².